The summed E-state index contributed by atoms with van der Waals surface area (Å²) in [5.74, 6) is 0.851. The van der Waals surface area contributed by atoms with E-state index in [1.54, 1.807) is 7.11 Å². The monoisotopic (exact) mass is 250 g/mol. The molecule has 1 heterocycles. The molecule has 1 aliphatic rings. The van der Waals surface area contributed by atoms with Gasteiger partial charge in [0, 0.05) is 6.61 Å². The fourth-order valence-corrected chi connectivity index (χ4v) is 1.81. The molecule has 0 N–H and O–H groups in total. The molecule has 2 rings (SSSR count). The second kappa shape index (κ2) is 6.52. The van der Waals surface area contributed by atoms with E-state index in [0.29, 0.717) is 13.2 Å². The van der Waals surface area contributed by atoms with Crippen LogP contribution in [0.25, 0.3) is 0 Å². The predicted octanol–water partition coefficient (Wildman–Crippen LogP) is 1.96. The van der Waals surface area contributed by atoms with Crippen LogP contribution >= 0.6 is 0 Å². The van der Waals surface area contributed by atoms with Crippen molar-refractivity contribution in [1.82, 2.24) is 0 Å². The molecule has 1 aliphatic heterocycles. The average Bonchev–Trinajstić information content (AvgIpc) is 3.18. The van der Waals surface area contributed by atoms with E-state index in [-0.39, 0.29) is 12.2 Å². The van der Waals surface area contributed by atoms with E-state index in [1.165, 1.54) is 0 Å². The minimum Gasteiger partial charge on any atom is -0.497 e. The molecule has 0 bridgehead atoms. The van der Waals surface area contributed by atoms with Crippen molar-refractivity contribution < 1.29 is 19.0 Å². The van der Waals surface area contributed by atoms with Crippen LogP contribution in [-0.4, -0.2) is 32.2 Å². The lowest BCUT2D eigenvalue weighted by molar-refractivity contribution is -0.108. The summed E-state index contributed by atoms with van der Waals surface area (Å²) in [4.78, 5) is 10.3. The topological polar surface area (TPSA) is 48.1 Å². The molecule has 0 unspecified atom stereocenters. The van der Waals surface area contributed by atoms with Crippen LogP contribution in [0.15, 0.2) is 24.3 Å². The third-order valence-corrected chi connectivity index (χ3v) is 2.96. The first-order valence-electron chi connectivity index (χ1n) is 6.15. The molecule has 4 nitrogen and oxygen atoms in total. The van der Waals surface area contributed by atoms with Gasteiger partial charge in [0.15, 0.2) is 6.29 Å². The maximum Gasteiger partial charge on any atom is 0.151 e. The molecule has 0 amide bonds. The molecule has 1 aromatic rings. The van der Waals surface area contributed by atoms with Crippen LogP contribution in [0.1, 0.15) is 18.4 Å². The minimum absolute atomic E-state index is 0.132. The zero-order chi connectivity index (χ0) is 12.8. The van der Waals surface area contributed by atoms with Gasteiger partial charge in [-0.1, -0.05) is 12.1 Å². The number of methoxy groups -OCH3 is 1. The van der Waals surface area contributed by atoms with Crippen molar-refractivity contribution in [3.8, 4) is 5.75 Å². The zero-order valence-electron chi connectivity index (χ0n) is 10.5. The van der Waals surface area contributed by atoms with Crippen LogP contribution in [-0.2, 0) is 20.9 Å². The second-order valence-electron chi connectivity index (χ2n) is 4.32. The highest BCUT2D eigenvalue weighted by Crippen LogP contribution is 2.24. The van der Waals surface area contributed by atoms with Crippen LogP contribution in [0.2, 0.25) is 0 Å². The predicted molar refractivity (Wildman–Crippen MR) is 66.6 cm³/mol. The first-order valence-corrected chi connectivity index (χ1v) is 6.15. The summed E-state index contributed by atoms with van der Waals surface area (Å²) in [6.45, 7) is 1.30. The van der Waals surface area contributed by atoms with Crippen LogP contribution in [0, 0.1) is 0 Å². The highest BCUT2D eigenvalue weighted by Gasteiger charge is 2.37. The molecule has 4 heteroatoms. The molecule has 1 aromatic carbocycles. The van der Waals surface area contributed by atoms with E-state index < -0.39 is 0 Å². The molecule has 1 saturated heterocycles. The molecule has 18 heavy (non-hydrogen) atoms. The Kier molecular flexibility index (Phi) is 4.73. The van der Waals surface area contributed by atoms with Gasteiger partial charge in [0.2, 0.25) is 0 Å². The SMILES string of the molecule is COc1ccc(COCCC[C@H]2O[C@@H]2C=O)cc1. The summed E-state index contributed by atoms with van der Waals surface area (Å²) < 4.78 is 15.8. The van der Waals surface area contributed by atoms with Crippen LogP contribution in [0.3, 0.4) is 0 Å². The summed E-state index contributed by atoms with van der Waals surface area (Å²) in [6, 6.07) is 7.83. The molecular formula is C14H18O4. The van der Waals surface area contributed by atoms with E-state index in [4.69, 9.17) is 14.2 Å². The molecule has 0 saturated carbocycles. The Hall–Kier alpha value is -1.39. The number of benzene rings is 1. The molecule has 0 aliphatic carbocycles. The number of carbonyl (C=O) groups is 1. The smallest absolute Gasteiger partial charge is 0.151 e. The quantitative estimate of drug-likeness (QED) is 0.402. The van der Waals surface area contributed by atoms with Crippen molar-refractivity contribution in [2.75, 3.05) is 13.7 Å². The van der Waals surface area contributed by atoms with E-state index in [2.05, 4.69) is 0 Å². The van der Waals surface area contributed by atoms with Crippen molar-refractivity contribution in [3.63, 3.8) is 0 Å². The number of aldehydes is 1. The normalized spacial score (nSPS) is 21.6. The Morgan fingerprint density at radius 3 is 2.72 bits per heavy atom. The number of epoxide rings is 1. The molecular weight excluding hydrogens is 232 g/mol. The van der Waals surface area contributed by atoms with E-state index in [1.807, 2.05) is 24.3 Å². The fourth-order valence-electron chi connectivity index (χ4n) is 1.81. The number of carbonyl (C=O) groups excluding carboxylic acids is 1. The largest absolute Gasteiger partial charge is 0.497 e. The summed E-state index contributed by atoms with van der Waals surface area (Å²) in [7, 11) is 1.65. The number of ether oxygens (including phenoxy) is 3. The Bertz CT molecular complexity index is 374. The molecule has 0 aromatic heterocycles. The first kappa shape index (κ1) is 13.1. The molecule has 2 atom stereocenters. The van der Waals surface area contributed by atoms with Crippen LogP contribution < -0.4 is 4.74 Å². The Balaban J connectivity index is 1.56. The van der Waals surface area contributed by atoms with E-state index in [0.717, 1.165) is 30.4 Å². The van der Waals surface area contributed by atoms with Crippen LogP contribution in [0.5, 0.6) is 5.75 Å². The van der Waals surface area contributed by atoms with Gasteiger partial charge in [0.05, 0.1) is 19.8 Å². The van der Waals surface area contributed by atoms with E-state index >= 15 is 0 Å². The van der Waals surface area contributed by atoms with Gasteiger partial charge in [-0.25, -0.2) is 0 Å². The van der Waals surface area contributed by atoms with Gasteiger partial charge in [-0.15, -0.1) is 0 Å². The van der Waals surface area contributed by atoms with Crippen molar-refractivity contribution in [2.45, 2.75) is 31.7 Å². The zero-order valence-corrected chi connectivity index (χ0v) is 10.5. The Morgan fingerprint density at radius 2 is 2.11 bits per heavy atom. The summed E-state index contributed by atoms with van der Waals surface area (Å²) in [5.41, 5.74) is 1.13. The summed E-state index contributed by atoms with van der Waals surface area (Å²) >= 11 is 0. The van der Waals surface area contributed by atoms with Gasteiger partial charge in [-0.3, -0.25) is 0 Å². The number of hydrogen-bond donors (Lipinski definition) is 0. The highest BCUT2D eigenvalue weighted by atomic mass is 16.6. The summed E-state index contributed by atoms with van der Waals surface area (Å²) in [6.07, 6.45) is 2.65. The van der Waals surface area contributed by atoms with Gasteiger partial charge < -0.3 is 19.0 Å². The van der Waals surface area contributed by atoms with Crippen molar-refractivity contribution in [2.24, 2.45) is 0 Å². The van der Waals surface area contributed by atoms with Crippen molar-refractivity contribution in [1.29, 1.82) is 0 Å². The van der Waals surface area contributed by atoms with Gasteiger partial charge in [-0.2, -0.15) is 0 Å². The standard InChI is InChI=1S/C14H18O4/c1-16-12-6-4-11(5-7-12)10-17-8-2-3-13-14(9-15)18-13/h4-7,9,13-14H,2-3,8,10H2,1H3/t13-,14-/m1/s1. The van der Waals surface area contributed by atoms with Gasteiger partial charge in [0.25, 0.3) is 0 Å². The fraction of sp³-hybridized carbons (Fsp3) is 0.500. The average molecular weight is 250 g/mol. The Morgan fingerprint density at radius 1 is 1.33 bits per heavy atom. The van der Waals surface area contributed by atoms with E-state index in [9.17, 15) is 4.79 Å². The molecule has 1 fully saturated rings. The third-order valence-electron chi connectivity index (χ3n) is 2.96. The molecule has 0 radical (unpaired) electrons. The van der Waals surface area contributed by atoms with Crippen molar-refractivity contribution in [3.05, 3.63) is 29.8 Å². The first-order chi connectivity index (χ1) is 8.83. The number of rotatable bonds is 8. The highest BCUT2D eigenvalue weighted by molar-refractivity contribution is 5.60. The number of hydrogen-bond acceptors (Lipinski definition) is 4. The second-order valence-corrected chi connectivity index (χ2v) is 4.32. The lowest BCUT2D eigenvalue weighted by Gasteiger charge is -2.05. The van der Waals surface area contributed by atoms with Gasteiger partial charge in [-0.05, 0) is 30.5 Å². The summed E-state index contributed by atoms with van der Waals surface area (Å²) in [5, 5.41) is 0. The Labute approximate surface area is 107 Å². The van der Waals surface area contributed by atoms with Gasteiger partial charge >= 0.3 is 0 Å². The molecule has 0 spiro atoms. The maximum absolute atomic E-state index is 10.3. The van der Waals surface area contributed by atoms with Crippen LogP contribution in [0.4, 0.5) is 0 Å². The minimum atomic E-state index is -0.161. The lowest BCUT2D eigenvalue weighted by atomic mass is 10.2. The maximum atomic E-state index is 10.3. The van der Waals surface area contributed by atoms with Crippen molar-refractivity contribution >= 4 is 6.29 Å². The lowest BCUT2D eigenvalue weighted by Crippen LogP contribution is -2.00. The third kappa shape index (κ3) is 3.82. The molecule has 98 valence electrons. The van der Waals surface area contributed by atoms with Gasteiger partial charge in [0.1, 0.15) is 11.9 Å².